The maximum absolute atomic E-state index is 12.5. The molecule has 3 aromatic rings. The first-order valence-corrected chi connectivity index (χ1v) is 11.8. The predicted octanol–water partition coefficient (Wildman–Crippen LogP) is 3.93. The van der Waals surface area contributed by atoms with Crippen molar-refractivity contribution < 1.29 is 13.2 Å². The van der Waals surface area contributed by atoms with Gasteiger partial charge < -0.3 is 0 Å². The van der Waals surface area contributed by atoms with Gasteiger partial charge in [-0.2, -0.15) is 0 Å². The van der Waals surface area contributed by atoms with Crippen molar-refractivity contribution in [3.8, 4) is 10.4 Å². The van der Waals surface area contributed by atoms with E-state index in [4.69, 9.17) is 0 Å². The number of carbonyl (C=O) groups excluding carboxylic acids is 1. The summed E-state index contributed by atoms with van der Waals surface area (Å²) in [5, 5.41) is 0.607. The number of nitrogens with one attached hydrogen (secondary N) is 1. The summed E-state index contributed by atoms with van der Waals surface area (Å²) in [6.07, 6.45) is 6.66. The third kappa shape index (κ3) is 4.84. The van der Waals surface area contributed by atoms with Crippen LogP contribution in [0.25, 0.3) is 16.5 Å². The molecule has 154 valence electrons. The zero-order valence-corrected chi connectivity index (χ0v) is 18.0. The average molecular weight is 440 g/mol. The first-order valence-electron chi connectivity index (χ1n) is 9.52. The molecule has 0 spiro atoms. The quantitative estimate of drug-likeness (QED) is 0.566. The highest BCUT2D eigenvalue weighted by Gasteiger charge is 2.27. The van der Waals surface area contributed by atoms with Crippen molar-refractivity contribution in [2.75, 3.05) is 11.9 Å². The Morgan fingerprint density at radius 1 is 1.13 bits per heavy atom. The average Bonchev–Trinajstić information content (AvgIpc) is 3.42. The molecule has 1 aliphatic rings. The van der Waals surface area contributed by atoms with Crippen LogP contribution in [0.4, 0.5) is 5.13 Å². The molecule has 1 heterocycles. The van der Waals surface area contributed by atoms with Gasteiger partial charge in [0.05, 0.1) is 9.77 Å². The van der Waals surface area contributed by atoms with Crippen LogP contribution in [0, 0.1) is 0 Å². The predicted molar refractivity (Wildman–Crippen MR) is 120 cm³/mol. The van der Waals surface area contributed by atoms with E-state index in [1.54, 1.807) is 43.6 Å². The van der Waals surface area contributed by atoms with Gasteiger partial charge in [-0.05, 0) is 42.2 Å². The molecular formula is C22H21N3O3S2. The van der Waals surface area contributed by atoms with Gasteiger partial charge in [0.2, 0.25) is 10.0 Å². The summed E-state index contributed by atoms with van der Waals surface area (Å²) in [4.78, 5) is 19.6. The van der Waals surface area contributed by atoms with E-state index in [2.05, 4.69) is 9.71 Å². The second-order valence-corrected chi connectivity index (χ2v) is 9.79. The van der Waals surface area contributed by atoms with Crippen molar-refractivity contribution in [1.29, 1.82) is 0 Å². The summed E-state index contributed by atoms with van der Waals surface area (Å²) in [6.45, 7) is 0. The molecular weight excluding hydrogens is 418 g/mol. The summed E-state index contributed by atoms with van der Waals surface area (Å²) in [5.74, 6) is -0.212. The van der Waals surface area contributed by atoms with Gasteiger partial charge in [0.1, 0.15) is 0 Å². The maximum atomic E-state index is 12.5. The van der Waals surface area contributed by atoms with Crippen LogP contribution in [0.2, 0.25) is 0 Å². The van der Waals surface area contributed by atoms with Gasteiger partial charge in [0.15, 0.2) is 5.13 Å². The summed E-state index contributed by atoms with van der Waals surface area (Å²) >= 11 is 1.45. The fourth-order valence-corrected chi connectivity index (χ4v) is 4.97. The van der Waals surface area contributed by atoms with E-state index in [0.717, 1.165) is 28.8 Å². The topological polar surface area (TPSA) is 79.4 Å². The fraction of sp³-hybridized carbons (Fsp3) is 0.182. The molecule has 0 bridgehead atoms. The van der Waals surface area contributed by atoms with Crippen molar-refractivity contribution in [3.63, 3.8) is 0 Å². The highest BCUT2D eigenvalue weighted by molar-refractivity contribution is 7.89. The third-order valence-electron chi connectivity index (χ3n) is 4.68. The molecule has 1 N–H and O–H groups in total. The number of sulfonamides is 1. The van der Waals surface area contributed by atoms with Crippen LogP contribution in [0.3, 0.4) is 0 Å². The molecule has 0 saturated heterocycles. The second kappa shape index (κ2) is 8.51. The summed E-state index contributed by atoms with van der Waals surface area (Å²) in [5.41, 5.74) is 1.80. The van der Waals surface area contributed by atoms with Crippen LogP contribution in [0.1, 0.15) is 18.4 Å². The number of nitrogens with zero attached hydrogens (tertiary/aromatic N) is 2. The first kappa shape index (κ1) is 20.5. The maximum Gasteiger partial charge on any atom is 0.252 e. The Morgan fingerprint density at radius 2 is 1.83 bits per heavy atom. The third-order valence-corrected chi connectivity index (χ3v) is 7.34. The minimum absolute atomic E-state index is 0.0657. The van der Waals surface area contributed by atoms with Gasteiger partial charge in [-0.15, -0.1) is 0 Å². The van der Waals surface area contributed by atoms with E-state index in [1.165, 1.54) is 22.3 Å². The van der Waals surface area contributed by atoms with Gasteiger partial charge in [-0.3, -0.25) is 9.69 Å². The van der Waals surface area contributed by atoms with Crippen molar-refractivity contribution in [2.24, 2.45) is 0 Å². The molecule has 1 aromatic heterocycles. The Labute approximate surface area is 179 Å². The van der Waals surface area contributed by atoms with E-state index >= 15 is 0 Å². The zero-order chi connectivity index (χ0) is 21.1. The van der Waals surface area contributed by atoms with Crippen molar-refractivity contribution in [1.82, 2.24) is 9.71 Å². The van der Waals surface area contributed by atoms with Crippen LogP contribution in [0.5, 0.6) is 0 Å². The molecule has 4 rings (SSSR count). The fourth-order valence-electron chi connectivity index (χ4n) is 2.78. The highest BCUT2D eigenvalue weighted by atomic mass is 32.2. The van der Waals surface area contributed by atoms with Crippen molar-refractivity contribution in [3.05, 3.63) is 72.4 Å². The van der Waals surface area contributed by atoms with E-state index < -0.39 is 10.0 Å². The number of carbonyl (C=O) groups is 1. The Morgan fingerprint density at radius 3 is 2.50 bits per heavy atom. The smallest absolute Gasteiger partial charge is 0.252 e. The molecule has 0 radical (unpaired) electrons. The van der Waals surface area contributed by atoms with Crippen molar-refractivity contribution >= 4 is 38.5 Å². The van der Waals surface area contributed by atoms with Crippen LogP contribution in [-0.4, -0.2) is 32.4 Å². The summed E-state index contributed by atoms with van der Waals surface area (Å²) in [6, 6.07) is 16.4. The molecule has 30 heavy (non-hydrogen) atoms. The summed E-state index contributed by atoms with van der Waals surface area (Å²) in [7, 11) is -1.79. The zero-order valence-electron chi connectivity index (χ0n) is 16.4. The number of hydrogen-bond donors (Lipinski definition) is 1. The molecule has 8 heteroatoms. The molecule has 1 amide bonds. The Balaban J connectivity index is 1.41. The van der Waals surface area contributed by atoms with Gasteiger partial charge in [-0.1, -0.05) is 53.8 Å². The molecule has 1 fully saturated rings. The number of hydrogen-bond acceptors (Lipinski definition) is 5. The molecule has 0 unspecified atom stereocenters. The Bertz CT molecular complexity index is 1170. The molecule has 1 saturated carbocycles. The van der Waals surface area contributed by atoms with Gasteiger partial charge in [-0.25, -0.2) is 18.1 Å². The summed E-state index contributed by atoms with van der Waals surface area (Å²) < 4.78 is 27.1. The molecule has 6 nitrogen and oxygen atoms in total. The number of anilines is 1. The lowest BCUT2D eigenvalue weighted by molar-refractivity contribution is -0.113. The molecule has 1 aliphatic carbocycles. The van der Waals surface area contributed by atoms with E-state index in [0.29, 0.717) is 5.13 Å². The number of likely N-dealkylation sites (N-methyl/N-ethyl adjacent to an activating group) is 1. The number of amides is 1. The molecule has 0 aliphatic heterocycles. The van der Waals surface area contributed by atoms with Crippen LogP contribution < -0.4 is 9.62 Å². The standard InChI is InChI=1S/C22H21N3O3S2/c1-25(22-23-15-20(29-22)17-5-3-2-4-6-17)21(26)14-9-16-7-12-19(13-8-16)30(27,28)24-18-10-11-18/h2-9,12-15,18,24H,10-11H2,1H3/b14-9+. The molecule has 0 atom stereocenters. The number of thiazole rings is 1. The Hall–Kier alpha value is -2.81. The number of aromatic nitrogens is 1. The van der Waals surface area contributed by atoms with E-state index in [1.807, 2.05) is 30.3 Å². The Kier molecular flexibility index (Phi) is 5.80. The number of rotatable bonds is 7. The van der Waals surface area contributed by atoms with E-state index in [9.17, 15) is 13.2 Å². The highest BCUT2D eigenvalue weighted by Crippen LogP contribution is 2.30. The minimum atomic E-state index is -3.47. The lowest BCUT2D eigenvalue weighted by Crippen LogP contribution is -2.25. The lowest BCUT2D eigenvalue weighted by Gasteiger charge is -2.10. The van der Waals surface area contributed by atoms with Gasteiger partial charge >= 0.3 is 0 Å². The first-order chi connectivity index (χ1) is 14.4. The molecule has 2 aromatic carbocycles. The minimum Gasteiger partial charge on any atom is -0.288 e. The van der Waals surface area contributed by atoms with E-state index in [-0.39, 0.29) is 16.8 Å². The number of benzene rings is 2. The van der Waals surface area contributed by atoms with Crippen molar-refractivity contribution in [2.45, 2.75) is 23.8 Å². The lowest BCUT2D eigenvalue weighted by atomic mass is 10.2. The SMILES string of the molecule is CN(C(=O)/C=C/c1ccc(S(=O)(=O)NC2CC2)cc1)c1ncc(-c2ccccc2)s1. The second-order valence-electron chi connectivity index (χ2n) is 7.07. The van der Waals surface area contributed by atoms with Crippen LogP contribution in [0.15, 0.2) is 71.8 Å². The monoisotopic (exact) mass is 439 g/mol. The largest absolute Gasteiger partial charge is 0.288 e. The van der Waals surface area contributed by atoms with Gasteiger partial charge in [0.25, 0.3) is 5.91 Å². The normalized spacial score (nSPS) is 14.2. The van der Waals surface area contributed by atoms with Gasteiger partial charge in [0, 0.05) is 25.4 Å². The van der Waals surface area contributed by atoms with Crippen LogP contribution >= 0.6 is 11.3 Å². The van der Waals surface area contributed by atoms with Crippen LogP contribution in [-0.2, 0) is 14.8 Å².